The first-order valence-electron chi connectivity index (χ1n) is 9.79. The molecule has 1 aliphatic heterocycles. The molecule has 0 aliphatic carbocycles. The molecular formula is C23H23ClN4O. The van der Waals surface area contributed by atoms with E-state index in [0.717, 1.165) is 41.8 Å². The Morgan fingerprint density at radius 3 is 2.59 bits per heavy atom. The zero-order chi connectivity index (χ0) is 20.2. The van der Waals surface area contributed by atoms with E-state index in [1.807, 2.05) is 61.8 Å². The summed E-state index contributed by atoms with van der Waals surface area (Å²) in [5.41, 5.74) is 3.79. The third kappa shape index (κ3) is 4.57. The molecule has 1 saturated heterocycles. The molecule has 0 radical (unpaired) electrons. The van der Waals surface area contributed by atoms with Crippen molar-refractivity contribution in [3.05, 3.63) is 71.5 Å². The predicted octanol–water partition coefficient (Wildman–Crippen LogP) is 4.96. The van der Waals surface area contributed by atoms with Gasteiger partial charge in [-0.2, -0.15) is 0 Å². The average molecular weight is 407 g/mol. The van der Waals surface area contributed by atoms with Crippen molar-refractivity contribution in [2.75, 3.05) is 23.3 Å². The Kier molecular flexibility index (Phi) is 5.76. The van der Waals surface area contributed by atoms with Gasteiger partial charge in [-0.1, -0.05) is 48.0 Å². The van der Waals surface area contributed by atoms with Gasteiger partial charge in [0.15, 0.2) is 0 Å². The highest BCUT2D eigenvalue weighted by molar-refractivity contribution is 6.31. The lowest BCUT2D eigenvalue weighted by molar-refractivity contribution is -0.120. The molecule has 0 saturated carbocycles. The van der Waals surface area contributed by atoms with Gasteiger partial charge in [-0.3, -0.25) is 4.79 Å². The van der Waals surface area contributed by atoms with Crippen LogP contribution in [0.2, 0.25) is 5.02 Å². The number of hydrogen-bond acceptors (Lipinski definition) is 4. The summed E-state index contributed by atoms with van der Waals surface area (Å²) in [6.07, 6.45) is 5.46. The van der Waals surface area contributed by atoms with Crippen LogP contribution >= 0.6 is 11.6 Å². The maximum absolute atomic E-state index is 12.8. The number of amides is 1. The molecule has 0 spiro atoms. The minimum absolute atomic E-state index is 0.00975. The molecule has 2 heterocycles. The smallest absolute Gasteiger partial charge is 0.229 e. The van der Waals surface area contributed by atoms with Crippen molar-refractivity contribution in [3.8, 4) is 11.1 Å². The highest BCUT2D eigenvalue weighted by Crippen LogP contribution is 2.25. The first kappa shape index (κ1) is 19.4. The van der Waals surface area contributed by atoms with Gasteiger partial charge in [0.25, 0.3) is 0 Å². The van der Waals surface area contributed by atoms with E-state index in [-0.39, 0.29) is 11.8 Å². The standard InChI is InChI=1S/C23H23ClN4O/c1-16-9-10-20(12-21(16)24)27-22(29)18-8-5-11-28(15-18)23-25-13-19(14-26-23)17-6-3-2-4-7-17/h2-4,6-7,9-10,12-14,18H,5,8,11,15H2,1H3,(H,27,29)/t18-/m1/s1. The fourth-order valence-electron chi connectivity index (χ4n) is 3.55. The van der Waals surface area contributed by atoms with Gasteiger partial charge in [-0.25, -0.2) is 9.97 Å². The lowest BCUT2D eigenvalue weighted by atomic mass is 9.97. The molecule has 2 aromatic carbocycles. The third-order valence-electron chi connectivity index (χ3n) is 5.26. The molecular weight excluding hydrogens is 384 g/mol. The molecule has 148 valence electrons. The van der Waals surface area contributed by atoms with E-state index in [1.165, 1.54) is 0 Å². The van der Waals surface area contributed by atoms with E-state index in [9.17, 15) is 4.79 Å². The number of carbonyl (C=O) groups excluding carboxylic acids is 1. The van der Waals surface area contributed by atoms with Gasteiger partial charge in [0.1, 0.15) is 0 Å². The Hall–Kier alpha value is -2.92. The Labute approximate surface area is 175 Å². The summed E-state index contributed by atoms with van der Waals surface area (Å²) in [5.74, 6) is 0.567. The van der Waals surface area contributed by atoms with Gasteiger partial charge in [0, 0.05) is 41.8 Å². The number of hydrogen-bond donors (Lipinski definition) is 1. The molecule has 6 heteroatoms. The van der Waals surface area contributed by atoms with Crippen molar-refractivity contribution in [1.82, 2.24) is 9.97 Å². The Balaban J connectivity index is 1.42. The van der Waals surface area contributed by atoms with Crippen molar-refractivity contribution in [1.29, 1.82) is 0 Å². The summed E-state index contributed by atoms with van der Waals surface area (Å²) < 4.78 is 0. The fraction of sp³-hybridized carbons (Fsp3) is 0.261. The first-order valence-corrected chi connectivity index (χ1v) is 10.2. The summed E-state index contributed by atoms with van der Waals surface area (Å²) in [6.45, 7) is 3.40. The summed E-state index contributed by atoms with van der Waals surface area (Å²) in [5, 5.41) is 3.64. The number of nitrogens with zero attached hydrogens (tertiary/aromatic N) is 3. The van der Waals surface area contributed by atoms with E-state index < -0.39 is 0 Å². The first-order chi connectivity index (χ1) is 14.1. The van der Waals surface area contributed by atoms with Crippen molar-refractivity contribution in [2.45, 2.75) is 19.8 Å². The summed E-state index contributed by atoms with van der Waals surface area (Å²) in [4.78, 5) is 23.9. The molecule has 1 atom stereocenters. The van der Waals surface area contributed by atoms with E-state index >= 15 is 0 Å². The van der Waals surface area contributed by atoms with E-state index in [0.29, 0.717) is 17.5 Å². The van der Waals surface area contributed by atoms with Crippen molar-refractivity contribution >= 4 is 29.1 Å². The summed E-state index contributed by atoms with van der Waals surface area (Å²) in [7, 11) is 0. The van der Waals surface area contributed by atoms with Crippen LogP contribution in [0.1, 0.15) is 18.4 Å². The van der Waals surface area contributed by atoms with E-state index in [2.05, 4.69) is 20.2 Å². The topological polar surface area (TPSA) is 58.1 Å². The maximum Gasteiger partial charge on any atom is 0.229 e. The van der Waals surface area contributed by atoms with Gasteiger partial charge in [0.2, 0.25) is 11.9 Å². The fourth-order valence-corrected chi connectivity index (χ4v) is 3.73. The Morgan fingerprint density at radius 1 is 1.10 bits per heavy atom. The van der Waals surface area contributed by atoms with Crippen molar-refractivity contribution in [3.63, 3.8) is 0 Å². The Bertz CT molecular complexity index is 992. The zero-order valence-corrected chi connectivity index (χ0v) is 17.1. The van der Waals surface area contributed by atoms with Crippen LogP contribution in [-0.2, 0) is 4.79 Å². The van der Waals surface area contributed by atoms with Gasteiger partial charge >= 0.3 is 0 Å². The summed E-state index contributed by atoms with van der Waals surface area (Å²) in [6, 6.07) is 15.6. The molecule has 1 aliphatic rings. The second kappa shape index (κ2) is 8.62. The van der Waals surface area contributed by atoms with Crippen LogP contribution in [0.5, 0.6) is 0 Å². The monoisotopic (exact) mass is 406 g/mol. The summed E-state index contributed by atoms with van der Waals surface area (Å²) >= 11 is 6.17. The molecule has 0 unspecified atom stereocenters. The maximum atomic E-state index is 12.8. The van der Waals surface area contributed by atoms with Gasteiger partial charge in [-0.05, 0) is 43.0 Å². The van der Waals surface area contributed by atoms with Crippen LogP contribution in [0.15, 0.2) is 60.9 Å². The molecule has 1 fully saturated rings. The van der Waals surface area contributed by atoms with Gasteiger partial charge < -0.3 is 10.2 Å². The Morgan fingerprint density at radius 2 is 1.86 bits per heavy atom. The average Bonchev–Trinajstić information content (AvgIpc) is 2.77. The van der Waals surface area contributed by atoms with Crippen LogP contribution in [0.25, 0.3) is 11.1 Å². The molecule has 0 bridgehead atoms. The number of aromatic nitrogens is 2. The number of benzene rings is 2. The predicted molar refractivity (Wildman–Crippen MR) is 117 cm³/mol. The minimum Gasteiger partial charge on any atom is -0.340 e. The van der Waals surface area contributed by atoms with Gasteiger partial charge in [0.05, 0.1) is 5.92 Å². The van der Waals surface area contributed by atoms with Crippen LogP contribution in [0.4, 0.5) is 11.6 Å². The highest BCUT2D eigenvalue weighted by atomic mass is 35.5. The van der Waals surface area contributed by atoms with E-state index in [4.69, 9.17) is 11.6 Å². The molecule has 1 aromatic heterocycles. The number of halogens is 1. The molecule has 1 N–H and O–H groups in total. The zero-order valence-electron chi connectivity index (χ0n) is 16.3. The quantitative estimate of drug-likeness (QED) is 0.665. The number of aryl methyl sites for hydroxylation is 1. The second-order valence-electron chi connectivity index (χ2n) is 7.38. The van der Waals surface area contributed by atoms with Crippen LogP contribution in [-0.4, -0.2) is 29.0 Å². The molecule has 4 rings (SSSR count). The normalized spacial score (nSPS) is 16.5. The number of carbonyl (C=O) groups is 1. The van der Waals surface area contributed by atoms with Crippen LogP contribution < -0.4 is 10.2 Å². The largest absolute Gasteiger partial charge is 0.340 e. The SMILES string of the molecule is Cc1ccc(NC(=O)[C@@H]2CCCN(c3ncc(-c4ccccc4)cn3)C2)cc1Cl. The van der Waals surface area contributed by atoms with Crippen LogP contribution in [0, 0.1) is 12.8 Å². The minimum atomic E-state index is -0.110. The number of nitrogens with one attached hydrogen (secondary N) is 1. The third-order valence-corrected chi connectivity index (χ3v) is 5.67. The van der Waals surface area contributed by atoms with E-state index in [1.54, 1.807) is 6.07 Å². The highest BCUT2D eigenvalue weighted by Gasteiger charge is 2.27. The molecule has 29 heavy (non-hydrogen) atoms. The number of anilines is 2. The number of rotatable bonds is 4. The molecule has 1 amide bonds. The van der Waals surface area contributed by atoms with Gasteiger partial charge in [-0.15, -0.1) is 0 Å². The van der Waals surface area contributed by atoms with Crippen LogP contribution in [0.3, 0.4) is 0 Å². The lowest BCUT2D eigenvalue weighted by Gasteiger charge is -2.32. The van der Waals surface area contributed by atoms with Crippen molar-refractivity contribution < 1.29 is 4.79 Å². The van der Waals surface area contributed by atoms with Crippen molar-refractivity contribution in [2.24, 2.45) is 5.92 Å². The molecule has 3 aromatic rings. The number of piperidine rings is 1. The second-order valence-corrected chi connectivity index (χ2v) is 7.78. The lowest BCUT2D eigenvalue weighted by Crippen LogP contribution is -2.41. The molecule has 5 nitrogen and oxygen atoms in total.